The molecule has 0 unspecified atom stereocenters. The molecule has 0 aromatic carbocycles. The molecular formula is C21H42N4O2. The van der Waals surface area contributed by atoms with Gasteiger partial charge in [0.25, 0.3) is 0 Å². The summed E-state index contributed by atoms with van der Waals surface area (Å²) in [5.41, 5.74) is 0. The van der Waals surface area contributed by atoms with Crippen LogP contribution >= 0.6 is 0 Å². The average molecular weight is 383 g/mol. The second-order valence-electron chi connectivity index (χ2n) is 8.25. The van der Waals surface area contributed by atoms with Gasteiger partial charge in [0.15, 0.2) is 0 Å². The zero-order valence-electron chi connectivity index (χ0n) is 18.5. The van der Waals surface area contributed by atoms with Gasteiger partial charge in [0.2, 0.25) is 11.8 Å². The van der Waals surface area contributed by atoms with Gasteiger partial charge in [-0.05, 0) is 25.7 Å². The van der Waals surface area contributed by atoms with Gasteiger partial charge in [0.05, 0.1) is 6.54 Å². The molecule has 2 heterocycles. The van der Waals surface area contributed by atoms with Crippen molar-refractivity contribution in [2.75, 3.05) is 59.9 Å². The number of hydrogen-bond acceptors (Lipinski definition) is 4. The maximum absolute atomic E-state index is 11.9. The van der Waals surface area contributed by atoms with E-state index in [-0.39, 0.29) is 5.91 Å². The molecule has 0 radical (unpaired) electrons. The number of amides is 2. The molecule has 0 aliphatic carbocycles. The first-order valence-electron chi connectivity index (χ1n) is 10.8. The number of likely N-dealkylation sites (N-methyl/N-ethyl adjacent to an activating group) is 1. The number of likely N-dealkylation sites (tertiary alicyclic amines) is 1. The lowest BCUT2D eigenvalue weighted by atomic mass is 9.95. The summed E-state index contributed by atoms with van der Waals surface area (Å²) in [6.45, 7) is 14.9. The molecule has 27 heavy (non-hydrogen) atoms. The Labute approximate surface area is 166 Å². The second-order valence-corrected chi connectivity index (χ2v) is 8.25. The highest BCUT2D eigenvalue weighted by molar-refractivity contribution is 5.77. The van der Waals surface area contributed by atoms with Crippen molar-refractivity contribution in [3.8, 4) is 0 Å². The number of piperidine rings is 1. The predicted molar refractivity (Wildman–Crippen MR) is 112 cm³/mol. The van der Waals surface area contributed by atoms with Crippen molar-refractivity contribution in [1.29, 1.82) is 0 Å². The first-order chi connectivity index (χ1) is 12.8. The summed E-state index contributed by atoms with van der Waals surface area (Å²) in [4.78, 5) is 32.2. The van der Waals surface area contributed by atoms with E-state index < -0.39 is 0 Å². The number of carbonyl (C=O) groups excluding carboxylic acids is 2. The quantitative estimate of drug-likeness (QED) is 0.731. The van der Waals surface area contributed by atoms with E-state index in [1.54, 1.807) is 4.90 Å². The Bertz CT molecular complexity index is 447. The van der Waals surface area contributed by atoms with Gasteiger partial charge < -0.3 is 9.80 Å². The van der Waals surface area contributed by atoms with Gasteiger partial charge in [0.1, 0.15) is 0 Å². The zero-order chi connectivity index (χ0) is 20.4. The minimum Gasteiger partial charge on any atom is -0.348 e. The number of nitrogens with zero attached hydrogens (tertiary/aromatic N) is 4. The number of rotatable bonds is 5. The molecular weight excluding hydrogens is 340 g/mol. The maximum atomic E-state index is 11.9. The van der Waals surface area contributed by atoms with E-state index in [0.717, 1.165) is 52.1 Å². The van der Waals surface area contributed by atoms with Crippen molar-refractivity contribution < 1.29 is 9.59 Å². The fourth-order valence-electron chi connectivity index (χ4n) is 3.74. The Hall–Kier alpha value is -1.14. The summed E-state index contributed by atoms with van der Waals surface area (Å²) in [5.74, 6) is 1.17. The van der Waals surface area contributed by atoms with Crippen LogP contribution < -0.4 is 0 Å². The molecule has 0 aromatic rings. The van der Waals surface area contributed by atoms with Crippen LogP contribution in [-0.2, 0) is 9.59 Å². The van der Waals surface area contributed by atoms with Crippen molar-refractivity contribution in [3.63, 3.8) is 0 Å². The molecule has 158 valence electrons. The van der Waals surface area contributed by atoms with Crippen LogP contribution in [0.4, 0.5) is 0 Å². The summed E-state index contributed by atoms with van der Waals surface area (Å²) in [6.07, 6.45) is 4.12. The van der Waals surface area contributed by atoms with Gasteiger partial charge in [-0.1, -0.05) is 27.2 Å². The smallest absolute Gasteiger partial charge is 0.236 e. The molecule has 1 atom stereocenters. The van der Waals surface area contributed by atoms with Gasteiger partial charge in [-0.3, -0.25) is 19.4 Å². The topological polar surface area (TPSA) is 47.1 Å². The lowest BCUT2D eigenvalue weighted by Gasteiger charge is -2.42. The van der Waals surface area contributed by atoms with E-state index in [4.69, 9.17) is 0 Å². The van der Waals surface area contributed by atoms with Crippen LogP contribution in [0.2, 0.25) is 0 Å². The molecule has 6 nitrogen and oxygen atoms in total. The summed E-state index contributed by atoms with van der Waals surface area (Å²) in [6, 6.07) is 0.490. The van der Waals surface area contributed by atoms with Crippen LogP contribution in [0.3, 0.4) is 0 Å². The van der Waals surface area contributed by atoms with Gasteiger partial charge in [0, 0.05) is 65.8 Å². The maximum Gasteiger partial charge on any atom is 0.236 e. The van der Waals surface area contributed by atoms with Gasteiger partial charge >= 0.3 is 0 Å². The summed E-state index contributed by atoms with van der Waals surface area (Å²) < 4.78 is 0. The lowest BCUT2D eigenvalue weighted by Crippen LogP contribution is -2.55. The predicted octanol–water partition coefficient (Wildman–Crippen LogP) is 2.15. The highest BCUT2D eigenvalue weighted by atomic mass is 16.2. The molecule has 0 saturated carbocycles. The fourth-order valence-corrected chi connectivity index (χ4v) is 3.74. The third-order valence-corrected chi connectivity index (χ3v) is 5.47. The van der Waals surface area contributed by atoms with Gasteiger partial charge in [-0.2, -0.15) is 0 Å². The fraction of sp³-hybridized carbons (Fsp3) is 0.905. The van der Waals surface area contributed by atoms with E-state index in [2.05, 4.69) is 30.6 Å². The van der Waals surface area contributed by atoms with Crippen LogP contribution in [-0.4, -0.2) is 97.4 Å². The van der Waals surface area contributed by atoms with E-state index in [9.17, 15) is 9.59 Å². The van der Waals surface area contributed by atoms with Crippen LogP contribution in [0.25, 0.3) is 0 Å². The van der Waals surface area contributed by atoms with Crippen LogP contribution in [0.5, 0.6) is 0 Å². The SMILES string of the molecule is CCC.CCC(=O)N1CCC(CN2CCN(CC(=O)N(C)C)C[C@@H]2C)CC1. The lowest BCUT2D eigenvalue weighted by molar-refractivity contribution is -0.133. The Morgan fingerprint density at radius 2 is 1.59 bits per heavy atom. The normalized spacial score (nSPS) is 22.1. The minimum absolute atomic E-state index is 0.184. The van der Waals surface area contributed by atoms with E-state index in [1.807, 2.05) is 25.9 Å². The molecule has 2 fully saturated rings. The molecule has 0 aromatic heterocycles. The van der Waals surface area contributed by atoms with Gasteiger partial charge in [-0.25, -0.2) is 0 Å². The highest BCUT2D eigenvalue weighted by Gasteiger charge is 2.29. The van der Waals surface area contributed by atoms with Crippen molar-refractivity contribution in [1.82, 2.24) is 19.6 Å². The Morgan fingerprint density at radius 1 is 1.00 bits per heavy atom. The van der Waals surface area contributed by atoms with Crippen LogP contribution in [0.1, 0.15) is 53.4 Å². The third-order valence-electron chi connectivity index (χ3n) is 5.47. The average Bonchev–Trinajstić information content (AvgIpc) is 2.64. The third kappa shape index (κ3) is 8.18. The zero-order valence-corrected chi connectivity index (χ0v) is 18.5. The molecule has 0 spiro atoms. The van der Waals surface area contributed by atoms with E-state index in [1.165, 1.54) is 6.42 Å². The van der Waals surface area contributed by atoms with Crippen molar-refractivity contribution in [2.45, 2.75) is 59.4 Å². The van der Waals surface area contributed by atoms with Crippen LogP contribution in [0.15, 0.2) is 0 Å². The highest BCUT2D eigenvalue weighted by Crippen LogP contribution is 2.21. The molecule has 0 bridgehead atoms. The first-order valence-corrected chi connectivity index (χ1v) is 10.8. The molecule has 2 saturated heterocycles. The molecule has 2 amide bonds. The van der Waals surface area contributed by atoms with Crippen molar-refractivity contribution in [3.05, 3.63) is 0 Å². The Balaban J connectivity index is 0.00000114. The van der Waals surface area contributed by atoms with Crippen molar-refractivity contribution in [2.24, 2.45) is 5.92 Å². The number of hydrogen-bond donors (Lipinski definition) is 0. The first kappa shape index (κ1) is 23.9. The Kier molecular flexibility index (Phi) is 10.9. The number of carbonyl (C=O) groups is 2. The summed E-state index contributed by atoms with van der Waals surface area (Å²) in [7, 11) is 3.63. The molecule has 2 aliphatic heterocycles. The van der Waals surface area contributed by atoms with E-state index in [0.29, 0.717) is 30.8 Å². The van der Waals surface area contributed by atoms with Crippen molar-refractivity contribution >= 4 is 11.8 Å². The minimum atomic E-state index is 0.184. The number of piperazine rings is 1. The standard InChI is InChI=1S/C18H34N4O2.C3H8/c1-5-17(23)21-8-6-16(7-9-21)13-22-11-10-20(12-15(22)2)14-18(24)19(3)4;1-3-2/h15-16H,5-14H2,1-4H3;3H2,1-2H3/t15-;/m0./s1. The summed E-state index contributed by atoms with van der Waals surface area (Å²) >= 11 is 0. The molecule has 2 rings (SSSR count). The molecule has 6 heteroatoms. The Morgan fingerprint density at radius 3 is 2.07 bits per heavy atom. The van der Waals surface area contributed by atoms with Crippen LogP contribution in [0, 0.1) is 5.92 Å². The second kappa shape index (κ2) is 12.3. The monoisotopic (exact) mass is 382 g/mol. The molecule has 2 aliphatic rings. The molecule has 0 N–H and O–H groups in total. The van der Waals surface area contributed by atoms with Gasteiger partial charge in [-0.15, -0.1) is 0 Å². The summed E-state index contributed by atoms with van der Waals surface area (Å²) in [5, 5.41) is 0. The van der Waals surface area contributed by atoms with E-state index >= 15 is 0 Å². The largest absolute Gasteiger partial charge is 0.348 e.